The molecular weight excluding hydrogens is 433 g/mol. The summed E-state index contributed by atoms with van der Waals surface area (Å²) in [6.45, 7) is 8.45. The van der Waals surface area contributed by atoms with E-state index in [1.54, 1.807) is 6.07 Å². The third kappa shape index (κ3) is 6.23. The van der Waals surface area contributed by atoms with E-state index in [9.17, 15) is 18.0 Å². The smallest absolute Gasteiger partial charge is 0.475 e. The molecule has 3 aliphatic rings. The van der Waals surface area contributed by atoms with E-state index in [0.717, 1.165) is 64.5 Å². The number of aliphatic carboxylic acids is 1. The third-order valence-electron chi connectivity index (χ3n) is 6.10. The lowest BCUT2D eigenvalue weighted by atomic mass is 9.87. The normalized spacial score (nSPS) is 25.3. The van der Waals surface area contributed by atoms with Gasteiger partial charge in [-0.3, -0.25) is 9.69 Å². The number of ether oxygens (including phenoxy) is 2. The Morgan fingerprint density at radius 3 is 2.38 bits per heavy atom. The van der Waals surface area contributed by atoms with E-state index < -0.39 is 12.1 Å². The van der Waals surface area contributed by atoms with Gasteiger partial charge in [-0.15, -0.1) is 0 Å². The lowest BCUT2D eigenvalue weighted by Crippen LogP contribution is -2.45. The predicted octanol–water partition coefficient (Wildman–Crippen LogP) is 2.56. The average Bonchev–Trinajstić information content (AvgIpc) is 3.30. The molecule has 4 heterocycles. The lowest BCUT2D eigenvalue weighted by molar-refractivity contribution is -0.192. The van der Waals surface area contributed by atoms with E-state index >= 15 is 0 Å². The van der Waals surface area contributed by atoms with Crippen molar-refractivity contribution in [1.29, 1.82) is 0 Å². The zero-order valence-electron chi connectivity index (χ0n) is 18.0. The van der Waals surface area contributed by atoms with Crippen molar-refractivity contribution >= 4 is 11.9 Å². The minimum Gasteiger partial charge on any atom is -0.475 e. The summed E-state index contributed by atoms with van der Waals surface area (Å²) in [6, 6.07) is 4.24. The van der Waals surface area contributed by atoms with Crippen LogP contribution in [-0.2, 0) is 14.3 Å². The molecule has 4 rings (SSSR count). The first-order valence-corrected chi connectivity index (χ1v) is 10.6. The van der Waals surface area contributed by atoms with Crippen molar-refractivity contribution in [3.05, 3.63) is 23.7 Å². The molecule has 0 saturated carbocycles. The van der Waals surface area contributed by atoms with Gasteiger partial charge in [-0.25, -0.2) is 4.79 Å². The minimum absolute atomic E-state index is 0.0116. The highest BCUT2D eigenvalue weighted by Crippen LogP contribution is 2.36. The Balaban J connectivity index is 0.000000360. The van der Waals surface area contributed by atoms with Gasteiger partial charge in [0.1, 0.15) is 5.76 Å². The number of carbonyl (C=O) groups excluding carboxylic acids is 1. The largest absolute Gasteiger partial charge is 0.490 e. The highest BCUT2D eigenvalue weighted by molar-refractivity contribution is 5.91. The second-order valence-electron chi connectivity index (χ2n) is 8.56. The lowest BCUT2D eigenvalue weighted by Gasteiger charge is -2.35. The highest BCUT2D eigenvalue weighted by atomic mass is 19.4. The Labute approximate surface area is 184 Å². The SMILES string of the molecule is Cc1ccc(C(=O)N2CCOCC3(CCN(C4CCOCC4)C3)C2)o1.O=C(O)C(F)(F)F. The first-order valence-electron chi connectivity index (χ1n) is 10.6. The van der Waals surface area contributed by atoms with Crippen molar-refractivity contribution in [2.24, 2.45) is 5.41 Å². The predicted molar refractivity (Wildman–Crippen MR) is 106 cm³/mol. The first kappa shape index (κ1) is 24.5. The minimum atomic E-state index is -5.08. The summed E-state index contributed by atoms with van der Waals surface area (Å²) < 4.78 is 48.7. The molecule has 1 N–H and O–H groups in total. The monoisotopic (exact) mass is 462 g/mol. The van der Waals surface area contributed by atoms with Gasteiger partial charge in [0.15, 0.2) is 5.76 Å². The fourth-order valence-corrected chi connectivity index (χ4v) is 4.45. The number of halogens is 3. The molecule has 1 spiro atoms. The Kier molecular flexibility index (Phi) is 7.84. The quantitative estimate of drug-likeness (QED) is 0.722. The van der Waals surface area contributed by atoms with Crippen molar-refractivity contribution in [2.75, 3.05) is 52.6 Å². The Morgan fingerprint density at radius 2 is 1.78 bits per heavy atom. The van der Waals surface area contributed by atoms with Gasteiger partial charge in [0.25, 0.3) is 5.91 Å². The number of rotatable bonds is 2. The number of amides is 1. The average molecular weight is 462 g/mol. The van der Waals surface area contributed by atoms with Crippen molar-refractivity contribution in [2.45, 2.75) is 38.4 Å². The van der Waals surface area contributed by atoms with Crippen LogP contribution in [0.2, 0.25) is 0 Å². The Morgan fingerprint density at radius 1 is 1.09 bits per heavy atom. The number of hydrogen-bond donors (Lipinski definition) is 1. The second kappa shape index (κ2) is 10.2. The second-order valence-corrected chi connectivity index (χ2v) is 8.56. The van der Waals surface area contributed by atoms with Gasteiger partial charge in [-0.2, -0.15) is 13.2 Å². The van der Waals surface area contributed by atoms with Gasteiger partial charge in [-0.05, 0) is 44.9 Å². The van der Waals surface area contributed by atoms with Crippen LogP contribution in [0.25, 0.3) is 0 Å². The molecule has 180 valence electrons. The molecule has 3 fully saturated rings. The fourth-order valence-electron chi connectivity index (χ4n) is 4.45. The van der Waals surface area contributed by atoms with Gasteiger partial charge in [0.05, 0.1) is 13.2 Å². The van der Waals surface area contributed by atoms with Crippen LogP contribution >= 0.6 is 0 Å². The summed E-state index contributed by atoms with van der Waals surface area (Å²) in [4.78, 5) is 26.3. The Bertz CT molecular complexity index is 793. The number of carbonyl (C=O) groups is 2. The van der Waals surface area contributed by atoms with Crippen LogP contribution in [0.5, 0.6) is 0 Å². The maximum absolute atomic E-state index is 12.8. The van der Waals surface area contributed by atoms with Gasteiger partial charge in [-0.1, -0.05) is 0 Å². The van der Waals surface area contributed by atoms with Gasteiger partial charge < -0.3 is 23.9 Å². The van der Waals surface area contributed by atoms with Crippen LogP contribution in [0.4, 0.5) is 13.2 Å². The van der Waals surface area contributed by atoms with Crippen LogP contribution < -0.4 is 0 Å². The van der Waals surface area contributed by atoms with Gasteiger partial charge in [0.2, 0.25) is 0 Å². The van der Waals surface area contributed by atoms with E-state index in [0.29, 0.717) is 25.0 Å². The number of likely N-dealkylation sites (tertiary alicyclic amines) is 1. The van der Waals surface area contributed by atoms with E-state index in [-0.39, 0.29) is 11.3 Å². The summed E-state index contributed by atoms with van der Waals surface area (Å²) >= 11 is 0. The van der Waals surface area contributed by atoms with Crippen LogP contribution in [0.1, 0.15) is 35.6 Å². The maximum Gasteiger partial charge on any atom is 0.490 e. The van der Waals surface area contributed by atoms with Gasteiger partial charge >= 0.3 is 12.1 Å². The van der Waals surface area contributed by atoms with Crippen molar-refractivity contribution in [3.8, 4) is 0 Å². The number of alkyl halides is 3. The molecule has 0 aromatic carbocycles. The zero-order valence-corrected chi connectivity index (χ0v) is 18.0. The summed E-state index contributed by atoms with van der Waals surface area (Å²) in [7, 11) is 0. The van der Waals surface area contributed by atoms with Crippen LogP contribution in [0, 0.1) is 12.3 Å². The molecule has 0 radical (unpaired) electrons. The van der Waals surface area contributed by atoms with E-state index in [1.165, 1.54) is 0 Å². The van der Waals surface area contributed by atoms with Crippen molar-refractivity contribution < 1.29 is 41.8 Å². The van der Waals surface area contributed by atoms with E-state index in [1.807, 2.05) is 17.9 Å². The molecule has 11 heteroatoms. The van der Waals surface area contributed by atoms with Crippen molar-refractivity contribution in [3.63, 3.8) is 0 Å². The molecular formula is C21H29F3N2O6. The summed E-state index contributed by atoms with van der Waals surface area (Å²) in [5.74, 6) is -1.56. The summed E-state index contributed by atoms with van der Waals surface area (Å²) in [6.07, 6.45) is -1.76. The van der Waals surface area contributed by atoms with Crippen LogP contribution in [-0.4, -0.2) is 91.6 Å². The van der Waals surface area contributed by atoms with E-state index in [4.69, 9.17) is 23.8 Å². The van der Waals surface area contributed by atoms with E-state index in [2.05, 4.69) is 4.90 Å². The molecule has 32 heavy (non-hydrogen) atoms. The molecule has 3 saturated heterocycles. The molecule has 1 aromatic heterocycles. The maximum atomic E-state index is 12.8. The molecule has 0 bridgehead atoms. The number of carboxylic acid groups (broad SMARTS) is 1. The Hall–Kier alpha value is -2.11. The number of carboxylic acids is 1. The molecule has 1 atom stereocenters. The molecule has 1 amide bonds. The number of hydrogen-bond acceptors (Lipinski definition) is 6. The topological polar surface area (TPSA) is 92.5 Å². The standard InChI is InChI=1S/C19H28N2O4.C2HF3O2/c1-15-2-3-17(25-15)18(22)21-8-11-24-14-19(13-21)6-7-20(12-19)16-4-9-23-10-5-16;3-2(4,5)1(6)7/h2-3,16H,4-14H2,1H3;(H,6,7). The van der Waals surface area contributed by atoms with Gasteiger partial charge in [0, 0.05) is 44.3 Å². The molecule has 8 nitrogen and oxygen atoms in total. The molecule has 1 unspecified atom stereocenters. The summed E-state index contributed by atoms with van der Waals surface area (Å²) in [5.41, 5.74) is 0.0477. The van der Waals surface area contributed by atoms with Crippen LogP contribution in [0.15, 0.2) is 16.5 Å². The zero-order chi connectivity index (χ0) is 23.4. The number of aryl methyl sites for hydroxylation is 1. The number of furan rings is 1. The summed E-state index contributed by atoms with van der Waals surface area (Å²) in [5, 5.41) is 7.12. The molecule has 3 aliphatic heterocycles. The van der Waals surface area contributed by atoms with Crippen molar-refractivity contribution in [1.82, 2.24) is 9.80 Å². The molecule has 0 aliphatic carbocycles. The highest BCUT2D eigenvalue weighted by Gasteiger charge is 2.44. The third-order valence-corrected chi connectivity index (χ3v) is 6.10. The molecule has 1 aromatic rings. The number of nitrogens with zero attached hydrogens (tertiary/aromatic N) is 2. The first-order chi connectivity index (χ1) is 15.1. The van der Waals surface area contributed by atoms with Crippen LogP contribution in [0.3, 0.4) is 0 Å². The fraction of sp³-hybridized carbons (Fsp3) is 0.714.